The quantitative estimate of drug-likeness (QED) is 0.788. The molecule has 0 radical (unpaired) electrons. The van der Waals surface area contributed by atoms with Crippen molar-refractivity contribution < 1.29 is 14.3 Å². The molecule has 3 nitrogen and oxygen atoms in total. The summed E-state index contributed by atoms with van der Waals surface area (Å²) in [6.07, 6.45) is 2.20. The molecule has 0 saturated carbocycles. The highest BCUT2D eigenvalue weighted by Gasteiger charge is 2.15. The Labute approximate surface area is 120 Å². The van der Waals surface area contributed by atoms with E-state index in [0.29, 0.717) is 18.0 Å². The summed E-state index contributed by atoms with van der Waals surface area (Å²) in [6.45, 7) is 8.58. The largest absolute Gasteiger partial charge is 0.478 e. The molecular weight excluding hydrogens is 257 g/mol. The van der Waals surface area contributed by atoms with Gasteiger partial charge in [-0.15, -0.1) is 0 Å². The van der Waals surface area contributed by atoms with E-state index in [4.69, 9.17) is 0 Å². The van der Waals surface area contributed by atoms with E-state index in [1.54, 1.807) is 0 Å². The first-order chi connectivity index (χ1) is 9.51. The van der Waals surface area contributed by atoms with Gasteiger partial charge >= 0.3 is 5.97 Å². The molecule has 0 saturated heterocycles. The van der Waals surface area contributed by atoms with Gasteiger partial charge < -0.3 is 5.11 Å². The van der Waals surface area contributed by atoms with Crippen LogP contribution in [0.2, 0.25) is 0 Å². The van der Waals surface area contributed by atoms with Gasteiger partial charge in [0, 0.05) is 13.1 Å². The zero-order valence-corrected chi connectivity index (χ0v) is 12.5. The van der Waals surface area contributed by atoms with Crippen LogP contribution in [-0.4, -0.2) is 29.1 Å². The second-order valence-electron chi connectivity index (χ2n) is 5.12. The summed E-state index contributed by atoms with van der Waals surface area (Å²) in [6, 6.07) is 3.88. The van der Waals surface area contributed by atoms with Gasteiger partial charge in [-0.25, -0.2) is 9.18 Å². The first-order valence-electron chi connectivity index (χ1n) is 7.25. The molecule has 0 aliphatic carbocycles. The SMILES string of the molecule is CCC(CC)CN(CC)Cc1cc(F)ccc1C(=O)O. The standard InChI is InChI=1S/C16H24FNO2/c1-4-12(5-2)10-18(6-3)11-13-9-14(17)7-8-15(13)16(19)20/h7-9,12H,4-6,10-11H2,1-3H3,(H,19,20). The van der Waals surface area contributed by atoms with Crippen molar-refractivity contribution >= 4 is 5.97 Å². The summed E-state index contributed by atoms with van der Waals surface area (Å²) in [5.41, 5.74) is 0.736. The molecule has 20 heavy (non-hydrogen) atoms. The molecule has 0 fully saturated rings. The normalized spacial score (nSPS) is 11.3. The van der Waals surface area contributed by atoms with Crippen LogP contribution in [0.4, 0.5) is 4.39 Å². The number of hydrogen-bond acceptors (Lipinski definition) is 2. The first kappa shape index (κ1) is 16.6. The zero-order chi connectivity index (χ0) is 15.1. The first-order valence-corrected chi connectivity index (χ1v) is 7.25. The number of hydrogen-bond donors (Lipinski definition) is 1. The van der Waals surface area contributed by atoms with E-state index in [1.165, 1.54) is 18.2 Å². The van der Waals surface area contributed by atoms with Gasteiger partial charge in [0.1, 0.15) is 5.82 Å². The molecule has 1 aromatic rings. The number of carbonyl (C=O) groups is 1. The lowest BCUT2D eigenvalue weighted by Gasteiger charge is -2.25. The second-order valence-corrected chi connectivity index (χ2v) is 5.12. The van der Waals surface area contributed by atoms with Crippen LogP contribution in [0.25, 0.3) is 0 Å². The van der Waals surface area contributed by atoms with Gasteiger partial charge in [0.05, 0.1) is 5.56 Å². The van der Waals surface area contributed by atoms with Gasteiger partial charge in [-0.2, -0.15) is 0 Å². The molecular formula is C16H24FNO2. The van der Waals surface area contributed by atoms with Crippen LogP contribution < -0.4 is 0 Å². The molecule has 0 bridgehead atoms. The maximum absolute atomic E-state index is 13.3. The van der Waals surface area contributed by atoms with Crippen molar-refractivity contribution in [2.24, 2.45) is 5.92 Å². The van der Waals surface area contributed by atoms with Gasteiger partial charge in [0.15, 0.2) is 0 Å². The number of carboxylic acids is 1. The minimum atomic E-state index is -1.00. The average Bonchev–Trinajstić information content (AvgIpc) is 2.43. The van der Waals surface area contributed by atoms with E-state index in [1.807, 2.05) is 6.92 Å². The Morgan fingerprint density at radius 2 is 1.95 bits per heavy atom. The van der Waals surface area contributed by atoms with E-state index in [-0.39, 0.29) is 11.4 Å². The van der Waals surface area contributed by atoms with Gasteiger partial charge in [-0.05, 0) is 36.2 Å². The number of rotatable bonds is 8. The van der Waals surface area contributed by atoms with Crippen LogP contribution in [0.3, 0.4) is 0 Å². The van der Waals surface area contributed by atoms with Crippen LogP contribution in [0.1, 0.15) is 49.5 Å². The van der Waals surface area contributed by atoms with Gasteiger partial charge in [-0.3, -0.25) is 4.90 Å². The van der Waals surface area contributed by atoms with Gasteiger partial charge in [0.25, 0.3) is 0 Å². The summed E-state index contributed by atoms with van der Waals surface area (Å²) in [5.74, 6) is -0.793. The Balaban J connectivity index is 2.88. The van der Waals surface area contributed by atoms with Crippen molar-refractivity contribution in [3.63, 3.8) is 0 Å². The Hall–Kier alpha value is -1.42. The fourth-order valence-electron chi connectivity index (χ4n) is 2.36. The third-order valence-electron chi connectivity index (χ3n) is 3.81. The van der Waals surface area contributed by atoms with E-state index in [9.17, 15) is 14.3 Å². The number of aromatic carboxylic acids is 1. The predicted molar refractivity (Wildman–Crippen MR) is 78.4 cm³/mol. The molecule has 0 aromatic heterocycles. The molecule has 0 aliphatic heterocycles. The molecule has 0 heterocycles. The molecule has 0 atom stereocenters. The third kappa shape index (κ3) is 4.60. The summed E-state index contributed by atoms with van der Waals surface area (Å²) in [5, 5.41) is 9.18. The minimum Gasteiger partial charge on any atom is -0.478 e. The number of halogens is 1. The summed E-state index contributed by atoms with van der Waals surface area (Å²) >= 11 is 0. The molecule has 0 unspecified atom stereocenters. The maximum Gasteiger partial charge on any atom is 0.336 e. The average molecular weight is 281 g/mol. The van der Waals surface area contributed by atoms with Gasteiger partial charge in [0.2, 0.25) is 0 Å². The van der Waals surface area contributed by atoms with Crippen molar-refractivity contribution in [1.82, 2.24) is 4.90 Å². The highest BCUT2D eigenvalue weighted by atomic mass is 19.1. The molecule has 112 valence electrons. The number of benzene rings is 1. The lowest BCUT2D eigenvalue weighted by Crippen LogP contribution is -2.29. The topological polar surface area (TPSA) is 40.5 Å². The Morgan fingerprint density at radius 1 is 1.30 bits per heavy atom. The van der Waals surface area contributed by atoms with Crippen LogP contribution in [-0.2, 0) is 6.54 Å². The molecule has 1 N–H and O–H groups in total. The predicted octanol–water partition coefficient (Wildman–Crippen LogP) is 3.78. The van der Waals surface area contributed by atoms with E-state index < -0.39 is 5.97 Å². The zero-order valence-electron chi connectivity index (χ0n) is 12.5. The van der Waals surface area contributed by atoms with Gasteiger partial charge in [-0.1, -0.05) is 33.6 Å². The Kier molecular flexibility index (Phi) is 6.65. The maximum atomic E-state index is 13.3. The van der Waals surface area contributed by atoms with Crippen LogP contribution in [0.15, 0.2) is 18.2 Å². The minimum absolute atomic E-state index is 0.189. The highest BCUT2D eigenvalue weighted by molar-refractivity contribution is 5.89. The van der Waals surface area contributed by atoms with Crippen molar-refractivity contribution in [3.05, 3.63) is 35.1 Å². The van der Waals surface area contributed by atoms with Crippen molar-refractivity contribution in [2.75, 3.05) is 13.1 Å². The second kappa shape index (κ2) is 8.00. The monoisotopic (exact) mass is 281 g/mol. The molecule has 0 spiro atoms. The summed E-state index contributed by atoms with van der Waals surface area (Å²) < 4.78 is 13.3. The Bertz CT molecular complexity index is 444. The van der Waals surface area contributed by atoms with Crippen LogP contribution in [0, 0.1) is 11.7 Å². The van der Waals surface area contributed by atoms with E-state index in [0.717, 1.165) is 25.9 Å². The molecule has 0 amide bonds. The van der Waals surface area contributed by atoms with Crippen molar-refractivity contribution in [2.45, 2.75) is 40.2 Å². The number of nitrogens with zero attached hydrogens (tertiary/aromatic N) is 1. The highest BCUT2D eigenvalue weighted by Crippen LogP contribution is 2.17. The molecule has 4 heteroatoms. The smallest absolute Gasteiger partial charge is 0.336 e. The molecule has 1 aromatic carbocycles. The van der Waals surface area contributed by atoms with Crippen LogP contribution >= 0.6 is 0 Å². The van der Waals surface area contributed by atoms with Crippen LogP contribution in [0.5, 0.6) is 0 Å². The van der Waals surface area contributed by atoms with E-state index >= 15 is 0 Å². The van der Waals surface area contributed by atoms with E-state index in [2.05, 4.69) is 18.7 Å². The molecule has 1 rings (SSSR count). The molecule has 0 aliphatic rings. The lowest BCUT2D eigenvalue weighted by molar-refractivity contribution is 0.0694. The summed E-state index contributed by atoms with van der Waals surface area (Å²) in [7, 11) is 0. The fraction of sp³-hybridized carbons (Fsp3) is 0.562. The fourth-order valence-corrected chi connectivity index (χ4v) is 2.36. The summed E-state index contributed by atoms with van der Waals surface area (Å²) in [4.78, 5) is 13.4. The lowest BCUT2D eigenvalue weighted by atomic mass is 10.0. The number of carboxylic acid groups (broad SMARTS) is 1. The van der Waals surface area contributed by atoms with Crippen molar-refractivity contribution in [3.8, 4) is 0 Å². The van der Waals surface area contributed by atoms with Crippen molar-refractivity contribution in [1.29, 1.82) is 0 Å². The third-order valence-corrected chi connectivity index (χ3v) is 3.81. The Morgan fingerprint density at radius 3 is 2.45 bits per heavy atom.